The Balaban J connectivity index is 0. The molecule has 0 saturated carbocycles. The van der Waals surface area contributed by atoms with Crippen LogP contribution in [0.25, 0.3) is 0 Å². The maximum atomic E-state index is 11.5. The molecule has 0 aromatic rings. The van der Waals surface area contributed by atoms with Crippen molar-refractivity contribution in [1.29, 1.82) is 0 Å². The van der Waals surface area contributed by atoms with Gasteiger partial charge in [0.2, 0.25) is 5.91 Å². The van der Waals surface area contributed by atoms with Crippen LogP contribution in [0.5, 0.6) is 0 Å². The number of nitrogens with two attached hydrogens (primary N) is 2. The van der Waals surface area contributed by atoms with Gasteiger partial charge in [-0.15, -0.1) is 11.8 Å². The Bertz CT molecular complexity index is 338. The zero-order valence-electron chi connectivity index (χ0n) is 14.2. The average Bonchev–Trinajstić information content (AvgIpc) is 2.48. The lowest BCUT2D eigenvalue weighted by Crippen LogP contribution is -2.32. The van der Waals surface area contributed by atoms with Crippen molar-refractivity contribution < 1.29 is 14.4 Å². The lowest BCUT2D eigenvalue weighted by Gasteiger charge is -2.09. The lowest BCUT2D eigenvalue weighted by atomic mass is 10.1. The van der Waals surface area contributed by atoms with Gasteiger partial charge < -0.3 is 16.8 Å². The molecule has 0 unspecified atom stereocenters. The van der Waals surface area contributed by atoms with E-state index in [2.05, 4.69) is 5.32 Å². The maximum absolute atomic E-state index is 11.5. The minimum atomic E-state index is -0.499. The van der Waals surface area contributed by atoms with E-state index in [4.69, 9.17) is 11.5 Å². The Morgan fingerprint density at radius 1 is 1.00 bits per heavy atom. The third-order valence-electron chi connectivity index (χ3n) is 2.84. The zero-order valence-corrected chi connectivity index (χ0v) is 15.0. The van der Waals surface area contributed by atoms with Crippen LogP contribution in [0, 0.1) is 0 Å². The van der Waals surface area contributed by atoms with Gasteiger partial charge in [0.1, 0.15) is 11.6 Å². The highest BCUT2D eigenvalue weighted by Gasteiger charge is 2.10. The first-order valence-corrected chi connectivity index (χ1v) is 8.86. The van der Waals surface area contributed by atoms with Gasteiger partial charge in [0.05, 0.1) is 17.8 Å². The van der Waals surface area contributed by atoms with E-state index in [-0.39, 0.29) is 17.5 Å². The topological polar surface area (TPSA) is 115 Å². The highest BCUT2D eigenvalue weighted by atomic mass is 32.2. The number of ketones is 2. The molecule has 0 aliphatic heterocycles. The first kappa shape index (κ1) is 23.3. The molecule has 0 rings (SSSR count). The molecule has 0 aliphatic rings. The number of unbranched alkanes of at least 4 members (excludes halogenated alkanes) is 1. The van der Waals surface area contributed by atoms with Crippen molar-refractivity contribution >= 4 is 29.2 Å². The van der Waals surface area contributed by atoms with Crippen molar-refractivity contribution in [3.8, 4) is 0 Å². The van der Waals surface area contributed by atoms with Crippen LogP contribution in [-0.2, 0) is 14.4 Å². The molecule has 0 radical (unpaired) electrons. The van der Waals surface area contributed by atoms with Crippen LogP contribution in [-0.4, -0.2) is 47.6 Å². The van der Waals surface area contributed by atoms with Gasteiger partial charge >= 0.3 is 0 Å². The Hall–Kier alpha value is -0.920. The van der Waals surface area contributed by atoms with Crippen LogP contribution in [0.15, 0.2) is 0 Å². The standard InChI is InChI=1S/C13H25N3O3S.C2H6/c1-9(17)11(14)5-3-4-6-16-13(19)8-20-7-12(15)10(2)18;1-2/h11-12H,3-8,14-15H2,1-2H3,(H,16,19);1-2H3/t11-,12-;/m0./s1. The largest absolute Gasteiger partial charge is 0.355 e. The Morgan fingerprint density at radius 2 is 1.55 bits per heavy atom. The Labute approximate surface area is 138 Å². The fraction of sp³-hybridized carbons (Fsp3) is 0.800. The fourth-order valence-electron chi connectivity index (χ4n) is 1.37. The molecule has 5 N–H and O–H groups in total. The molecular formula is C15H31N3O3S. The third kappa shape index (κ3) is 14.0. The molecular weight excluding hydrogens is 302 g/mol. The van der Waals surface area contributed by atoms with Crippen molar-refractivity contribution in [2.45, 2.75) is 59.0 Å². The number of hydrogen-bond donors (Lipinski definition) is 3. The first-order valence-electron chi connectivity index (χ1n) is 7.71. The zero-order chi connectivity index (χ0) is 17.5. The number of carbonyl (C=O) groups is 3. The van der Waals surface area contributed by atoms with Gasteiger partial charge in [-0.05, 0) is 33.1 Å². The van der Waals surface area contributed by atoms with Gasteiger partial charge in [0.15, 0.2) is 0 Å². The van der Waals surface area contributed by atoms with Crippen LogP contribution in [0.2, 0.25) is 0 Å². The maximum Gasteiger partial charge on any atom is 0.229 e. The second-order valence-corrected chi connectivity index (χ2v) is 5.83. The Kier molecular flexibility index (Phi) is 15.9. The summed E-state index contributed by atoms with van der Waals surface area (Å²) in [5.74, 6) is 0.609. The van der Waals surface area contributed by atoms with Crippen LogP contribution < -0.4 is 16.8 Å². The second kappa shape index (κ2) is 15.0. The number of hydrogen-bond acceptors (Lipinski definition) is 6. The average molecular weight is 333 g/mol. The summed E-state index contributed by atoms with van der Waals surface area (Å²) in [7, 11) is 0. The minimum absolute atomic E-state index is 0.00718. The summed E-state index contributed by atoms with van der Waals surface area (Å²) in [5, 5.41) is 2.78. The number of rotatable bonds is 11. The minimum Gasteiger partial charge on any atom is -0.355 e. The molecule has 1 amide bonds. The van der Waals surface area contributed by atoms with E-state index in [1.165, 1.54) is 25.6 Å². The van der Waals surface area contributed by atoms with Crippen molar-refractivity contribution in [2.75, 3.05) is 18.1 Å². The van der Waals surface area contributed by atoms with E-state index >= 15 is 0 Å². The summed E-state index contributed by atoms with van der Waals surface area (Å²) < 4.78 is 0. The molecule has 0 aromatic heterocycles. The van der Waals surface area contributed by atoms with Crippen LogP contribution in [0.3, 0.4) is 0 Å². The molecule has 6 nitrogen and oxygen atoms in total. The van der Waals surface area contributed by atoms with Crippen molar-refractivity contribution in [1.82, 2.24) is 5.32 Å². The molecule has 2 atom stereocenters. The van der Waals surface area contributed by atoms with E-state index < -0.39 is 12.1 Å². The smallest absolute Gasteiger partial charge is 0.229 e. The highest BCUT2D eigenvalue weighted by Crippen LogP contribution is 2.02. The molecule has 0 spiro atoms. The third-order valence-corrected chi connectivity index (χ3v) is 3.90. The van der Waals surface area contributed by atoms with Gasteiger partial charge in [-0.1, -0.05) is 13.8 Å². The lowest BCUT2D eigenvalue weighted by molar-refractivity contribution is -0.119. The Morgan fingerprint density at radius 3 is 2.05 bits per heavy atom. The second-order valence-electron chi connectivity index (χ2n) is 4.80. The molecule has 0 heterocycles. The first-order chi connectivity index (χ1) is 10.3. The normalized spacial score (nSPS) is 12.6. The van der Waals surface area contributed by atoms with Gasteiger partial charge in [-0.25, -0.2) is 0 Å². The van der Waals surface area contributed by atoms with Crippen LogP contribution in [0.4, 0.5) is 0 Å². The van der Waals surface area contributed by atoms with Gasteiger partial charge in [0.25, 0.3) is 0 Å². The summed E-state index contributed by atoms with van der Waals surface area (Å²) in [6.07, 6.45) is 2.25. The number of carbonyl (C=O) groups excluding carboxylic acids is 3. The van der Waals surface area contributed by atoms with Gasteiger partial charge in [-0.2, -0.15) is 0 Å². The molecule has 0 fully saturated rings. The van der Waals surface area contributed by atoms with E-state index in [1.54, 1.807) is 0 Å². The quantitative estimate of drug-likeness (QED) is 0.483. The number of amides is 1. The summed E-state index contributed by atoms with van der Waals surface area (Å²) in [6, 6.07) is -0.893. The summed E-state index contributed by atoms with van der Waals surface area (Å²) in [6.45, 7) is 7.50. The number of thioether (sulfide) groups is 1. The predicted molar refractivity (Wildman–Crippen MR) is 92.8 cm³/mol. The van der Waals surface area contributed by atoms with Gasteiger partial charge in [-0.3, -0.25) is 14.4 Å². The van der Waals surface area contributed by atoms with Crippen LogP contribution >= 0.6 is 11.8 Å². The molecule has 0 saturated heterocycles. The highest BCUT2D eigenvalue weighted by molar-refractivity contribution is 8.00. The van der Waals surface area contributed by atoms with Crippen molar-refractivity contribution in [2.24, 2.45) is 11.5 Å². The monoisotopic (exact) mass is 333 g/mol. The van der Waals surface area contributed by atoms with Crippen LogP contribution in [0.1, 0.15) is 47.0 Å². The molecule has 0 aliphatic carbocycles. The number of Topliss-reactive ketones (excluding diaryl/α,β-unsaturated/α-hetero) is 2. The fourth-order valence-corrected chi connectivity index (χ4v) is 2.26. The van der Waals surface area contributed by atoms with E-state index in [1.807, 2.05) is 13.8 Å². The molecule has 7 heteroatoms. The number of nitrogens with one attached hydrogen (secondary N) is 1. The van der Waals surface area contributed by atoms with Gasteiger partial charge in [0, 0.05) is 12.3 Å². The summed E-state index contributed by atoms with van der Waals surface area (Å²) >= 11 is 1.35. The molecule has 130 valence electrons. The SMILES string of the molecule is CC.CC(=O)[C@@H](N)CCCCNC(=O)CSC[C@H](N)C(C)=O. The summed E-state index contributed by atoms with van der Waals surface area (Å²) in [5.41, 5.74) is 11.2. The molecule has 0 bridgehead atoms. The van der Waals surface area contributed by atoms with Crippen molar-refractivity contribution in [3.63, 3.8) is 0 Å². The van der Waals surface area contributed by atoms with E-state index in [0.29, 0.717) is 24.5 Å². The molecule has 0 aromatic carbocycles. The van der Waals surface area contributed by atoms with E-state index in [9.17, 15) is 14.4 Å². The molecule has 22 heavy (non-hydrogen) atoms. The summed E-state index contributed by atoms with van der Waals surface area (Å²) in [4.78, 5) is 33.3. The van der Waals surface area contributed by atoms with E-state index in [0.717, 1.165) is 12.8 Å². The van der Waals surface area contributed by atoms with Crippen molar-refractivity contribution in [3.05, 3.63) is 0 Å². The predicted octanol–water partition coefficient (Wildman–Crippen LogP) is 0.865.